The van der Waals surface area contributed by atoms with Crippen LogP contribution in [0.5, 0.6) is 0 Å². The van der Waals surface area contributed by atoms with Crippen LogP contribution in [0.15, 0.2) is 24.3 Å². The Labute approximate surface area is 136 Å². The number of piperazine rings is 1. The topological polar surface area (TPSA) is 87.2 Å². The van der Waals surface area contributed by atoms with Crippen molar-refractivity contribution in [2.45, 2.75) is 6.54 Å². The minimum Gasteiger partial charge on any atom is -0.478 e. The number of ether oxygens (including phenoxy) is 1. The maximum atomic E-state index is 12.1. The molecule has 2 rings (SSSR count). The maximum Gasteiger partial charge on any atom is 0.335 e. The van der Waals surface area contributed by atoms with Crippen molar-refractivity contribution in [1.82, 2.24) is 9.21 Å². The van der Waals surface area contributed by atoms with E-state index in [4.69, 9.17) is 9.84 Å². The number of methoxy groups -OCH3 is 1. The van der Waals surface area contributed by atoms with Gasteiger partial charge in [-0.3, -0.25) is 4.90 Å². The molecule has 0 spiro atoms. The minimum absolute atomic E-state index is 0.0140. The van der Waals surface area contributed by atoms with Crippen molar-refractivity contribution in [1.29, 1.82) is 0 Å². The smallest absolute Gasteiger partial charge is 0.335 e. The van der Waals surface area contributed by atoms with Crippen molar-refractivity contribution < 1.29 is 23.1 Å². The zero-order chi connectivity index (χ0) is 16.9. The second-order valence-corrected chi connectivity index (χ2v) is 7.57. The van der Waals surface area contributed by atoms with Crippen molar-refractivity contribution in [2.75, 3.05) is 45.6 Å². The van der Waals surface area contributed by atoms with Crippen LogP contribution in [0.25, 0.3) is 0 Å². The molecule has 8 heteroatoms. The van der Waals surface area contributed by atoms with Crippen LogP contribution in [-0.2, 0) is 21.3 Å². The van der Waals surface area contributed by atoms with Gasteiger partial charge in [0, 0.05) is 39.8 Å². The monoisotopic (exact) mass is 342 g/mol. The first-order valence-corrected chi connectivity index (χ1v) is 9.04. The fraction of sp³-hybridized carbons (Fsp3) is 0.533. The van der Waals surface area contributed by atoms with E-state index < -0.39 is 16.0 Å². The Kier molecular flexibility index (Phi) is 6.11. The largest absolute Gasteiger partial charge is 0.478 e. The molecule has 1 N–H and O–H groups in total. The SMILES string of the molecule is COCCS(=O)(=O)N1CCN(Cc2ccc(C(=O)O)cc2)CC1. The molecule has 1 aromatic carbocycles. The van der Waals surface area contributed by atoms with E-state index in [9.17, 15) is 13.2 Å². The van der Waals surface area contributed by atoms with Crippen molar-refractivity contribution in [2.24, 2.45) is 0 Å². The Bertz CT molecular complexity index is 622. The van der Waals surface area contributed by atoms with E-state index in [-0.39, 0.29) is 17.9 Å². The highest BCUT2D eigenvalue weighted by molar-refractivity contribution is 7.89. The Balaban J connectivity index is 1.86. The molecule has 0 saturated carbocycles. The molecule has 1 aliphatic heterocycles. The Morgan fingerprint density at radius 2 is 1.78 bits per heavy atom. The highest BCUT2D eigenvalue weighted by atomic mass is 32.2. The van der Waals surface area contributed by atoms with Crippen LogP contribution >= 0.6 is 0 Å². The molecule has 1 aromatic rings. The van der Waals surface area contributed by atoms with Crippen molar-refractivity contribution in [3.8, 4) is 0 Å². The lowest BCUT2D eigenvalue weighted by molar-refractivity contribution is 0.0697. The lowest BCUT2D eigenvalue weighted by atomic mass is 10.1. The molecule has 0 amide bonds. The number of rotatable bonds is 7. The van der Waals surface area contributed by atoms with Gasteiger partial charge in [-0.1, -0.05) is 12.1 Å². The fourth-order valence-corrected chi connectivity index (χ4v) is 3.85. The molecular weight excluding hydrogens is 320 g/mol. The summed E-state index contributed by atoms with van der Waals surface area (Å²) in [4.78, 5) is 13.0. The predicted octanol–water partition coefficient (Wildman–Crippen LogP) is 0.479. The van der Waals surface area contributed by atoms with Gasteiger partial charge in [-0.05, 0) is 17.7 Å². The summed E-state index contributed by atoms with van der Waals surface area (Å²) < 4.78 is 30.5. The number of nitrogens with zero attached hydrogens (tertiary/aromatic N) is 2. The molecule has 1 heterocycles. The van der Waals surface area contributed by atoms with Crippen LogP contribution in [0.3, 0.4) is 0 Å². The van der Waals surface area contributed by atoms with Gasteiger partial charge in [0.2, 0.25) is 10.0 Å². The molecule has 1 saturated heterocycles. The normalized spacial score (nSPS) is 17.3. The number of sulfonamides is 1. The summed E-state index contributed by atoms with van der Waals surface area (Å²) in [5.41, 5.74) is 1.29. The summed E-state index contributed by atoms with van der Waals surface area (Å²) in [7, 11) is -1.75. The summed E-state index contributed by atoms with van der Waals surface area (Å²) in [6, 6.07) is 6.77. The van der Waals surface area contributed by atoms with Gasteiger partial charge in [0.05, 0.1) is 17.9 Å². The molecule has 128 valence electrons. The van der Waals surface area contributed by atoms with Crippen LogP contribution in [0.1, 0.15) is 15.9 Å². The first kappa shape index (κ1) is 17.9. The van der Waals surface area contributed by atoms with Gasteiger partial charge in [0.1, 0.15) is 0 Å². The number of hydrogen-bond donors (Lipinski definition) is 1. The van der Waals surface area contributed by atoms with Gasteiger partial charge in [-0.15, -0.1) is 0 Å². The van der Waals surface area contributed by atoms with Gasteiger partial charge in [-0.2, -0.15) is 4.31 Å². The van der Waals surface area contributed by atoms with Crippen molar-refractivity contribution >= 4 is 16.0 Å². The third-order valence-electron chi connectivity index (χ3n) is 3.88. The van der Waals surface area contributed by atoms with Crippen molar-refractivity contribution in [3.05, 3.63) is 35.4 Å². The van der Waals surface area contributed by atoms with Gasteiger partial charge >= 0.3 is 5.97 Å². The lowest BCUT2D eigenvalue weighted by Gasteiger charge is -2.34. The van der Waals surface area contributed by atoms with Gasteiger partial charge < -0.3 is 9.84 Å². The average molecular weight is 342 g/mol. The number of carboxylic acid groups (broad SMARTS) is 1. The van der Waals surface area contributed by atoms with E-state index in [0.29, 0.717) is 32.7 Å². The van der Waals surface area contributed by atoms with Crippen molar-refractivity contribution in [3.63, 3.8) is 0 Å². The second kappa shape index (κ2) is 7.87. The molecule has 0 aromatic heterocycles. The molecule has 0 atom stereocenters. The summed E-state index contributed by atoms with van der Waals surface area (Å²) in [6.07, 6.45) is 0. The van der Waals surface area contributed by atoms with E-state index >= 15 is 0 Å². The Morgan fingerprint density at radius 3 is 2.30 bits per heavy atom. The lowest BCUT2D eigenvalue weighted by Crippen LogP contribution is -2.49. The van der Waals surface area contributed by atoms with E-state index in [2.05, 4.69) is 4.90 Å². The Morgan fingerprint density at radius 1 is 1.17 bits per heavy atom. The zero-order valence-corrected chi connectivity index (χ0v) is 14.0. The van der Waals surface area contributed by atoms with Crippen LogP contribution < -0.4 is 0 Å². The van der Waals surface area contributed by atoms with Crippen LogP contribution in [-0.4, -0.2) is 74.3 Å². The third kappa shape index (κ3) is 5.00. The maximum absolute atomic E-state index is 12.1. The Hall–Kier alpha value is -1.48. The molecule has 0 bridgehead atoms. The summed E-state index contributed by atoms with van der Waals surface area (Å²) in [5, 5.41) is 8.88. The molecular formula is C15H22N2O5S. The average Bonchev–Trinajstić information content (AvgIpc) is 2.54. The molecule has 23 heavy (non-hydrogen) atoms. The highest BCUT2D eigenvalue weighted by Gasteiger charge is 2.26. The quantitative estimate of drug-likeness (QED) is 0.775. The highest BCUT2D eigenvalue weighted by Crippen LogP contribution is 2.12. The van der Waals surface area contributed by atoms with Crippen LogP contribution in [0, 0.1) is 0 Å². The molecule has 0 unspecified atom stereocenters. The second-order valence-electron chi connectivity index (χ2n) is 5.49. The number of hydrogen-bond acceptors (Lipinski definition) is 5. The number of carboxylic acids is 1. The fourth-order valence-electron chi connectivity index (χ4n) is 2.49. The molecule has 1 aliphatic rings. The third-order valence-corrected chi connectivity index (χ3v) is 5.71. The zero-order valence-electron chi connectivity index (χ0n) is 13.1. The number of carbonyl (C=O) groups is 1. The van der Waals surface area contributed by atoms with E-state index in [1.165, 1.54) is 11.4 Å². The number of benzene rings is 1. The summed E-state index contributed by atoms with van der Waals surface area (Å²) in [6.45, 7) is 3.16. The predicted molar refractivity (Wildman–Crippen MR) is 85.9 cm³/mol. The van der Waals surface area contributed by atoms with Gasteiger partial charge in [-0.25, -0.2) is 13.2 Å². The standard InChI is InChI=1S/C15H22N2O5S/c1-22-10-11-23(20,21)17-8-6-16(7-9-17)12-13-2-4-14(5-3-13)15(18)19/h2-5H,6-12H2,1H3,(H,18,19). The first-order chi connectivity index (χ1) is 10.9. The van der Waals surface area contributed by atoms with Crippen LogP contribution in [0.4, 0.5) is 0 Å². The van der Waals surface area contributed by atoms with E-state index in [0.717, 1.165) is 5.56 Å². The molecule has 0 aliphatic carbocycles. The molecule has 0 radical (unpaired) electrons. The van der Waals surface area contributed by atoms with E-state index in [1.54, 1.807) is 24.3 Å². The summed E-state index contributed by atoms with van der Waals surface area (Å²) in [5.74, 6) is -0.924. The minimum atomic E-state index is -3.24. The first-order valence-electron chi connectivity index (χ1n) is 7.44. The number of aromatic carboxylic acids is 1. The van der Waals surface area contributed by atoms with Gasteiger partial charge in [0.15, 0.2) is 0 Å². The van der Waals surface area contributed by atoms with Gasteiger partial charge in [0.25, 0.3) is 0 Å². The molecule has 1 fully saturated rings. The molecule has 7 nitrogen and oxygen atoms in total. The van der Waals surface area contributed by atoms with Crippen LogP contribution in [0.2, 0.25) is 0 Å². The van der Waals surface area contributed by atoms with E-state index in [1.807, 2.05) is 0 Å². The summed E-state index contributed by atoms with van der Waals surface area (Å²) >= 11 is 0.